The minimum Gasteiger partial charge on any atom is -0.478 e. The van der Waals surface area contributed by atoms with E-state index in [4.69, 9.17) is 5.11 Å². The maximum Gasteiger partial charge on any atom is 0.335 e. The fraction of sp³-hybridized carbons (Fsp3) is 0. The molecule has 7 heteroatoms. The van der Waals surface area contributed by atoms with Crippen molar-refractivity contribution >= 4 is 32.6 Å². The maximum absolute atomic E-state index is 12.0. The zero-order chi connectivity index (χ0) is 13.3. The van der Waals surface area contributed by atoms with Crippen LogP contribution in [0.15, 0.2) is 35.3 Å². The Hall–Kier alpha value is -2.30. The number of aromatic nitrogens is 2. The molecule has 0 atom stereocenters. The highest BCUT2D eigenvalue weighted by Crippen LogP contribution is 2.06. The third-order valence-electron chi connectivity index (χ3n) is 2.83. The number of hydrogen-bond donors (Lipinski definition) is 1. The van der Waals surface area contributed by atoms with E-state index in [1.807, 2.05) is 7.85 Å². The molecular weight excluding hydrogens is 230 g/mol. The van der Waals surface area contributed by atoms with Gasteiger partial charge in [0.15, 0.2) is 0 Å². The molecule has 18 heavy (non-hydrogen) atoms. The van der Waals surface area contributed by atoms with E-state index in [0.717, 1.165) is 5.46 Å². The van der Waals surface area contributed by atoms with Crippen molar-refractivity contribution in [3.05, 3.63) is 46.4 Å². The lowest BCUT2D eigenvalue weighted by molar-refractivity contribution is 0.0697. The molecule has 0 fully saturated rings. The largest absolute Gasteiger partial charge is 0.478 e. The summed E-state index contributed by atoms with van der Waals surface area (Å²) in [5.41, 5.74) is 1.99. The first kappa shape index (κ1) is 12.2. The van der Waals surface area contributed by atoms with Gasteiger partial charge in [-0.05, 0) is 29.7 Å². The summed E-state index contributed by atoms with van der Waals surface area (Å²) >= 11 is 0. The van der Waals surface area contributed by atoms with Gasteiger partial charge in [0, 0.05) is 6.20 Å². The number of carboxylic acids is 1. The molecule has 0 bridgehead atoms. The number of carbonyl (C=O) groups is 1. The molecule has 1 heterocycles. The molecule has 0 amide bonds. The van der Waals surface area contributed by atoms with Crippen LogP contribution < -0.4 is 16.5 Å². The van der Waals surface area contributed by atoms with Crippen molar-refractivity contribution in [1.82, 2.24) is 9.78 Å². The van der Waals surface area contributed by atoms with E-state index in [9.17, 15) is 9.59 Å². The second-order valence-corrected chi connectivity index (χ2v) is 4.02. The van der Waals surface area contributed by atoms with Crippen molar-refractivity contribution in [3.8, 4) is 5.69 Å². The van der Waals surface area contributed by atoms with Gasteiger partial charge in [-0.25, -0.2) is 4.79 Å². The number of nitrogens with zero attached hydrogens (tertiary/aromatic N) is 2. The highest BCUT2D eigenvalue weighted by Gasteiger charge is 2.07. The fourth-order valence-electron chi connectivity index (χ4n) is 1.55. The topological polar surface area (TPSA) is 72.2 Å². The summed E-state index contributed by atoms with van der Waals surface area (Å²) in [4.78, 5) is 22.7. The first-order chi connectivity index (χ1) is 8.50. The van der Waals surface area contributed by atoms with Crippen LogP contribution in [0.4, 0.5) is 0 Å². The van der Waals surface area contributed by atoms with Crippen LogP contribution >= 0.6 is 0 Å². The molecule has 0 aliphatic carbocycles. The smallest absolute Gasteiger partial charge is 0.335 e. The number of rotatable bonds is 2. The predicted octanol–water partition coefficient (Wildman–Crippen LogP) is -2.55. The molecule has 0 saturated heterocycles. The minimum absolute atomic E-state index is 0.177. The van der Waals surface area contributed by atoms with Crippen LogP contribution in [-0.2, 0) is 0 Å². The molecule has 88 valence electrons. The molecule has 0 radical (unpaired) electrons. The van der Waals surface area contributed by atoms with Crippen molar-refractivity contribution in [2.24, 2.45) is 0 Å². The zero-order valence-corrected chi connectivity index (χ0v) is 10.0. The number of carboxylic acid groups (broad SMARTS) is 1. The Balaban J connectivity index is 2.53. The van der Waals surface area contributed by atoms with Crippen molar-refractivity contribution in [3.63, 3.8) is 0 Å². The van der Waals surface area contributed by atoms with Crippen molar-refractivity contribution < 1.29 is 9.90 Å². The van der Waals surface area contributed by atoms with Crippen LogP contribution in [0, 0.1) is 0 Å². The Labute approximate surface area is 105 Å². The van der Waals surface area contributed by atoms with Gasteiger partial charge in [-0.1, -0.05) is 5.46 Å². The third kappa shape index (κ3) is 2.07. The molecule has 5 nitrogen and oxygen atoms in total. The van der Waals surface area contributed by atoms with Crippen LogP contribution in [0.25, 0.3) is 5.69 Å². The third-order valence-corrected chi connectivity index (χ3v) is 2.83. The summed E-state index contributed by atoms with van der Waals surface area (Å²) in [6.45, 7) is 0. The molecule has 0 aliphatic heterocycles. The summed E-state index contributed by atoms with van der Waals surface area (Å²) in [5.74, 6) is -0.998. The van der Waals surface area contributed by atoms with Gasteiger partial charge in [-0.2, -0.15) is 9.78 Å². The van der Waals surface area contributed by atoms with Crippen molar-refractivity contribution in [1.29, 1.82) is 0 Å². The molecule has 1 aromatic heterocycles. The highest BCUT2D eigenvalue weighted by molar-refractivity contribution is 6.48. The highest BCUT2D eigenvalue weighted by atomic mass is 16.4. The zero-order valence-electron chi connectivity index (χ0n) is 10.0. The summed E-state index contributed by atoms with van der Waals surface area (Å²) in [7, 11) is 3.56. The predicted molar refractivity (Wildman–Crippen MR) is 73.1 cm³/mol. The Morgan fingerprint density at radius 2 is 1.83 bits per heavy atom. The number of hydrogen-bond acceptors (Lipinski definition) is 3. The van der Waals surface area contributed by atoms with Crippen LogP contribution in [0.3, 0.4) is 0 Å². The lowest BCUT2D eigenvalue weighted by Crippen LogP contribution is -2.44. The van der Waals surface area contributed by atoms with Crippen LogP contribution in [0.5, 0.6) is 0 Å². The van der Waals surface area contributed by atoms with Crippen LogP contribution in [0.2, 0.25) is 0 Å². The van der Waals surface area contributed by atoms with E-state index >= 15 is 0 Å². The molecule has 2 rings (SSSR count). The van der Waals surface area contributed by atoms with E-state index in [1.165, 1.54) is 16.8 Å². The number of aromatic carboxylic acids is 1. The molecule has 1 aromatic carbocycles. The van der Waals surface area contributed by atoms with Crippen molar-refractivity contribution in [2.75, 3.05) is 0 Å². The quantitative estimate of drug-likeness (QED) is 0.586. The molecule has 0 unspecified atom stereocenters. The van der Waals surface area contributed by atoms with Gasteiger partial charge in [0.05, 0.1) is 11.3 Å². The average molecular weight is 240 g/mol. The van der Waals surface area contributed by atoms with E-state index < -0.39 is 5.97 Å². The van der Waals surface area contributed by atoms with Gasteiger partial charge in [0.1, 0.15) is 15.7 Å². The minimum atomic E-state index is -0.998. The van der Waals surface area contributed by atoms with Gasteiger partial charge >= 0.3 is 5.97 Å². The number of benzene rings is 1. The lowest BCUT2D eigenvalue weighted by atomic mass is 9.83. The summed E-state index contributed by atoms with van der Waals surface area (Å²) < 4.78 is 1.26. The molecular formula is C11H10B2N2O3. The Morgan fingerprint density at radius 1 is 1.22 bits per heavy atom. The van der Waals surface area contributed by atoms with E-state index in [0.29, 0.717) is 11.2 Å². The fourth-order valence-corrected chi connectivity index (χ4v) is 1.55. The van der Waals surface area contributed by atoms with E-state index in [1.54, 1.807) is 26.2 Å². The van der Waals surface area contributed by atoms with Gasteiger partial charge < -0.3 is 5.11 Å². The standard InChI is InChI=1S/C11H10B2N2O3/c12-8-5-14-15(10(16)9(8)13)7-3-1-6(2-4-7)11(17)18/h1-5H,12-13H2,(H,17,18). The van der Waals surface area contributed by atoms with E-state index in [2.05, 4.69) is 5.10 Å². The van der Waals surface area contributed by atoms with Crippen LogP contribution in [-0.4, -0.2) is 36.5 Å². The normalized spacial score (nSPS) is 10.2. The molecule has 0 spiro atoms. The average Bonchev–Trinajstić information content (AvgIpc) is 2.36. The SMILES string of the molecule is Bc1cnn(-c2ccc(C(=O)O)cc2)c(=O)c1B. The Morgan fingerprint density at radius 3 is 2.39 bits per heavy atom. The van der Waals surface area contributed by atoms with Gasteiger partial charge in [-0.15, -0.1) is 0 Å². The maximum atomic E-state index is 12.0. The second-order valence-electron chi connectivity index (χ2n) is 4.02. The monoisotopic (exact) mass is 240 g/mol. The van der Waals surface area contributed by atoms with E-state index in [-0.39, 0.29) is 11.1 Å². The van der Waals surface area contributed by atoms with Crippen LogP contribution in [0.1, 0.15) is 10.4 Å². The summed E-state index contributed by atoms with van der Waals surface area (Å²) in [6, 6.07) is 6.02. The Kier molecular flexibility index (Phi) is 3.06. The first-order valence-corrected chi connectivity index (χ1v) is 5.40. The Bertz CT molecular complexity index is 665. The lowest BCUT2D eigenvalue weighted by Gasteiger charge is -2.07. The second kappa shape index (κ2) is 4.52. The van der Waals surface area contributed by atoms with Gasteiger partial charge in [0.25, 0.3) is 5.56 Å². The molecule has 0 aliphatic rings. The summed E-state index contributed by atoms with van der Waals surface area (Å²) in [6.07, 6.45) is 1.61. The van der Waals surface area contributed by atoms with Gasteiger partial charge in [-0.3, -0.25) is 4.79 Å². The molecule has 0 saturated carbocycles. The first-order valence-electron chi connectivity index (χ1n) is 5.40. The molecule has 2 aromatic rings. The van der Waals surface area contributed by atoms with Crippen molar-refractivity contribution in [2.45, 2.75) is 0 Å². The van der Waals surface area contributed by atoms with Gasteiger partial charge in [0.2, 0.25) is 0 Å². The summed E-state index contributed by atoms with van der Waals surface area (Å²) in [5, 5.41) is 12.8. The molecule has 1 N–H and O–H groups in total.